The molecule has 0 spiro atoms. The molecule has 2 aromatic rings. The third kappa shape index (κ3) is 1.27. The molecule has 0 saturated carbocycles. The Hall–Kier alpha value is -1.34. The van der Waals surface area contributed by atoms with E-state index >= 15 is 0 Å². The first-order chi connectivity index (χ1) is 7.25. The smallest absolute Gasteiger partial charge is 0.163 e. The number of aryl methyl sites for hydroxylation is 1. The maximum atomic E-state index is 11.6. The topological polar surface area (TPSA) is 17.1 Å². The van der Waals surface area contributed by atoms with E-state index in [0.29, 0.717) is 6.42 Å². The third-order valence-electron chi connectivity index (χ3n) is 2.97. The number of hydrogen-bond acceptors (Lipinski definition) is 1. The van der Waals surface area contributed by atoms with Crippen molar-refractivity contribution in [1.29, 1.82) is 0 Å². The van der Waals surface area contributed by atoms with Crippen molar-refractivity contribution in [2.24, 2.45) is 0 Å². The SMILES string of the molecule is O=C1CCc2cc3cccc(Cl)c3cc21. The monoisotopic (exact) mass is 216 g/mol. The molecule has 0 heterocycles. The van der Waals surface area contributed by atoms with E-state index < -0.39 is 0 Å². The summed E-state index contributed by atoms with van der Waals surface area (Å²) < 4.78 is 0. The summed E-state index contributed by atoms with van der Waals surface area (Å²) in [6.07, 6.45) is 1.51. The lowest BCUT2D eigenvalue weighted by molar-refractivity contribution is 0.0994. The fourth-order valence-corrected chi connectivity index (χ4v) is 2.42. The molecule has 0 bridgehead atoms. The van der Waals surface area contributed by atoms with Crippen LogP contribution in [0.1, 0.15) is 22.3 Å². The average molecular weight is 217 g/mol. The van der Waals surface area contributed by atoms with Gasteiger partial charge in [-0.2, -0.15) is 0 Å². The molecule has 2 heteroatoms. The Morgan fingerprint density at radius 2 is 2.00 bits per heavy atom. The van der Waals surface area contributed by atoms with Gasteiger partial charge in [-0.1, -0.05) is 29.8 Å². The van der Waals surface area contributed by atoms with Crippen molar-refractivity contribution in [3.8, 4) is 0 Å². The van der Waals surface area contributed by atoms with Gasteiger partial charge in [-0.05, 0) is 29.5 Å². The quantitative estimate of drug-likeness (QED) is 0.657. The van der Waals surface area contributed by atoms with Crippen molar-refractivity contribution >= 4 is 28.2 Å². The lowest BCUT2D eigenvalue weighted by atomic mass is 10.0. The van der Waals surface area contributed by atoms with Crippen molar-refractivity contribution in [2.45, 2.75) is 12.8 Å². The number of carbonyl (C=O) groups is 1. The van der Waals surface area contributed by atoms with Crippen molar-refractivity contribution in [1.82, 2.24) is 0 Å². The van der Waals surface area contributed by atoms with Crippen LogP contribution in [0.4, 0.5) is 0 Å². The first-order valence-corrected chi connectivity index (χ1v) is 5.38. The summed E-state index contributed by atoms with van der Waals surface area (Å²) >= 11 is 6.10. The van der Waals surface area contributed by atoms with Gasteiger partial charge in [-0.25, -0.2) is 0 Å². The second kappa shape index (κ2) is 3.07. The van der Waals surface area contributed by atoms with Crippen LogP contribution in [0.25, 0.3) is 10.8 Å². The molecular weight excluding hydrogens is 208 g/mol. The van der Waals surface area contributed by atoms with Gasteiger partial charge >= 0.3 is 0 Å². The molecule has 0 aromatic heterocycles. The molecule has 0 unspecified atom stereocenters. The number of rotatable bonds is 0. The zero-order valence-corrected chi connectivity index (χ0v) is 8.84. The Bertz CT molecular complexity index is 572. The van der Waals surface area contributed by atoms with Gasteiger partial charge < -0.3 is 0 Å². The Morgan fingerprint density at radius 3 is 2.87 bits per heavy atom. The summed E-state index contributed by atoms with van der Waals surface area (Å²) in [6.45, 7) is 0. The highest BCUT2D eigenvalue weighted by Gasteiger charge is 2.20. The van der Waals surface area contributed by atoms with Gasteiger partial charge in [0.05, 0.1) is 0 Å². The number of carbonyl (C=O) groups excluding carboxylic acids is 1. The van der Waals surface area contributed by atoms with E-state index in [0.717, 1.165) is 33.3 Å². The van der Waals surface area contributed by atoms with Crippen molar-refractivity contribution in [3.63, 3.8) is 0 Å². The molecule has 1 aliphatic rings. The Labute approximate surface area is 92.7 Å². The summed E-state index contributed by atoms with van der Waals surface area (Å²) in [6, 6.07) is 9.84. The highest BCUT2D eigenvalue weighted by atomic mass is 35.5. The summed E-state index contributed by atoms with van der Waals surface area (Å²) in [5.41, 5.74) is 2.02. The second-order valence-corrected chi connectivity index (χ2v) is 4.30. The maximum absolute atomic E-state index is 11.6. The van der Waals surface area contributed by atoms with Crippen LogP contribution in [0.5, 0.6) is 0 Å². The number of hydrogen-bond donors (Lipinski definition) is 0. The number of fused-ring (bicyclic) bond motifs is 2. The van der Waals surface area contributed by atoms with Crippen LogP contribution in [0, 0.1) is 0 Å². The predicted molar refractivity (Wildman–Crippen MR) is 61.6 cm³/mol. The van der Waals surface area contributed by atoms with Gasteiger partial charge in [0.15, 0.2) is 5.78 Å². The molecular formula is C13H9ClO. The van der Waals surface area contributed by atoms with Crippen LogP contribution in [0.15, 0.2) is 30.3 Å². The Balaban J connectivity index is 2.40. The normalized spacial score (nSPS) is 14.6. The fraction of sp³-hybridized carbons (Fsp3) is 0.154. The molecule has 1 aliphatic carbocycles. The van der Waals surface area contributed by atoms with Crippen LogP contribution in [-0.2, 0) is 6.42 Å². The Kier molecular flexibility index (Phi) is 1.83. The van der Waals surface area contributed by atoms with Crippen LogP contribution in [0.3, 0.4) is 0 Å². The molecule has 0 atom stereocenters. The lowest BCUT2D eigenvalue weighted by Gasteiger charge is -2.03. The number of halogens is 1. The largest absolute Gasteiger partial charge is 0.294 e. The highest BCUT2D eigenvalue weighted by molar-refractivity contribution is 6.35. The zero-order chi connectivity index (χ0) is 10.4. The molecule has 15 heavy (non-hydrogen) atoms. The van der Waals surface area contributed by atoms with E-state index in [-0.39, 0.29) is 5.78 Å². The Morgan fingerprint density at radius 1 is 1.13 bits per heavy atom. The summed E-state index contributed by atoms with van der Waals surface area (Å²) in [7, 11) is 0. The lowest BCUT2D eigenvalue weighted by Crippen LogP contribution is -1.91. The summed E-state index contributed by atoms with van der Waals surface area (Å²) in [5, 5.41) is 2.82. The van der Waals surface area contributed by atoms with Gasteiger partial charge in [-0.3, -0.25) is 4.79 Å². The molecule has 74 valence electrons. The molecule has 0 saturated heterocycles. The van der Waals surface area contributed by atoms with E-state index in [4.69, 9.17) is 11.6 Å². The molecule has 2 aromatic carbocycles. The number of Topliss-reactive ketones (excluding diaryl/α,β-unsaturated/α-hetero) is 1. The average Bonchev–Trinajstić information content (AvgIpc) is 2.59. The standard InChI is InChI=1S/C13H9ClO/c14-12-3-1-2-8-6-9-4-5-13(15)11(9)7-10(8)12/h1-3,6-7H,4-5H2. The fourth-order valence-electron chi connectivity index (χ4n) is 2.18. The van der Waals surface area contributed by atoms with Crippen LogP contribution in [0.2, 0.25) is 5.02 Å². The number of benzene rings is 2. The molecule has 0 aliphatic heterocycles. The maximum Gasteiger partial charge on any atom is 0.163 e. The van der Waals surface area contributed by atoms with Gasteiger partial charge in [-0.15, -0.1) is 0 Å². The molecule has 0 fully saturated rings. The van der Waals surface area contributed by atoms with Gasteiger partial charge in [0.25, 0.3) is 0 Å². The van der Waals surface area contributed by atoms with Crippen molar-refractivity contribution in [2.75, 3.05) is 0 Å². The zero-order valence-electron chi connectivity index (χ0n) is 8.09. The van der Waals surface area contributed by atoms with Gasteiger partial charge in [0, 0.05) is 22.4 Å². The minimum atomic E-state index is 0.242. The molecule has 0 N–H and O–H groups in total. The second-order valence-electron chi connectivity index (χ2n) is 3.89. The first kappa shape index (κ1) is 8.93. The minimum Gasteiger partial charge on any atom is -0.294 e. The van der Waals surface area contributed by atoms with Gasteiger partial charge in [0.1, 0.15) is 0 Å². The first-order valence-electron chi connectivity index (χ1n) is 5.00. The predicted octanol–water partition coefficient (Wildman–Crippen LogP) is 3.62. The van der Waals surface area contributed by atoms with E-state index in [1.165, 1.54) is 0 Å². The van der Waals surface area contributed by atoms with Crippen LogP contribution >= 0.6 is 11.6 Å². The van der Waals surface area contributed by atoms with E-state index in [2.05, 4.69) is 6.07 Å². The molecule has 0 amide bonds. The minimum absolute atomic E-state index is 0.242. The van der Waals surface area contributed by atoms with Crippen molar-refractivity contribution in [3.05, 3.63) is 46.5 Å². The van der Waals surface area contributed by atoms with E-state index in [1.54, 1.807) is 0 Å². The summed E-state index contributed by atoms with van der Waals surface area (Å²) in [5.74, 6) is 0.242. The number of ketones is 1. The van der Waals surface area contributed by atoms with E-state index in [9.17, 15) is 4.79 Å². The molecule has 0 radical (unpaired) electrons. The summed E-state index contributed by atoms with van der Waals surface area (Å²) in [4.78, 5) is 11.6. The third-order valence-corrected chi connectivity index (χ3v) is 3.30. The van der Waals surface area contributed by atoms with E-state index in [1.807, 2.05) is 24.3 Å². The van der Waals surface area contributed by atoms with Crippen molar-refractivity contribution < 1.29 is 4.79 Å². The highest BCUT2D eigenvalue weighted by Crippen LogP contribution is 2.30. The molecule has 1 nitrogen and oxygen atoms in total. The van der Waals surface area contributed by atoms with Gasteiger partial charge in [0.2, 0.25) is 0 Å². The van der Waals surface area contributed by atoms with Crippen LogP contribution < -0.4 is 0 Å². The van der Waals surface area contributed by atoms with Crippen LogP contribution in [-0.4, -0.2) is 5.78 Å². The molecule has 3 rings (SSSR count).